The Morgan fingerprint density at radius 2 is 1.90 bits per heavy atom. The largest absolute Gasteiger partial charge is 0.491 e. The van der Waals surface area contributed by atoms with E-state index in [1.54, 1.807) is 36.5 Å². The number of benzene rings is 1. The van der Waals surface area contributed by atoms with E-state index in [4.69, 9.17) is 4.74 Å². The molecule has 0 spiro atoms. The first-order valence-electron chi connectivity index (χ1n) is 6.52. The Labute approximate surface area is 119 Å². The Bertz CT molecular complexity index is 570. The molecule has 0 aliphatic rings. The molecule has 0 saturated heterocycles. The summed E-state index contributed by atoms with van der Waals surface area (Å²) in [5, 5.41) is 0. The molecule has 0 aliphatic carbocycles. The summed E-state index contributed by atoms with van der Waals surface area (Å²) in [6.07, 6.45) is 3.23. The van der Waals surface area contributed by atoms with Crippen LogP contribution in [-0.2, 0) is 0 Å². The second-order valence-corrected chi connectivity index (χ2v) is 4.58. The van der Waals surface area contributed by atoms with Gasteiger partial charge in [0.1, 0.15) is 12.4 Å². The molecule has 0 bridgehead atoms. The molecule has 0 N–H and O–H groups in total. The van der Waals surface area contributed by atoms with Gasteiger partial charge in [-0.15, -0.1) is 0 Å². The van der Waals surface area contributed by atoms with Gasteiger partial charge in [-0.25, -0.2) is 0 Å². The second-order valence-electron chi connectivity index (χ2n) is 4.58. The van der Waals surface area contributed by atoms with Crippen LogP contribution in [0, 0.1) is 6.92 Å². The van der Waals surface area contributed by atoms with Gasteiger partial charge in [0.05, 0.1) is 6.54 Å². The maximum Gasteiger partial charge on any atom is 0.253 e. The molecule has 2 aromatic rings. The highest BCUT2D eigenvalue weighted by molar-refractivity contribution is 5.93. The van der Waals surface area contributed by atoms with Crippen LogP contribution in [0.3, 0.4) is 0 Å². The van der Waals surface area contributed by atoms with E-state index in [9.17, 15) is 4.79 Å². The fraction of sp³-hybridized carbons (Fsp3) is 0.250. The number of hydrogen-bond donors (Lipinski definition) is 0. The van der Waals surface area contributed by atoms with Gasteiger partial charge in [0.25, 0.3) is 5.91 Å². The number of nitrogens with zero attached hydrogens (tertiary/aromatic N) is 2. The lowest BCUT2D eigenvalue weighted by Crippen LogP contribution is -2.30. The summed E-state index contributed by atoms with van der Waals surface area (Å²) < 4.78 is 5.69. The number of para-hydroxylation sites is 1. The average molecular weight is 270 g/mol. The van der Waals surface area contributed by atoms with E-state index in [-0.39, 0.29) is 5.91 Å². The molecule has 2 rings (SSSR count). The van der Waals surface area contributed by atoms with Gasteiger partial charge in [-0.3, -0.25) is 9.78 Å². The molecule has 1 aromatic heterocycles. The van der Waals surface area contributed by atoms with E-state index in [1.807, 2.05) is 31.2 Å². The molecule has 0 saturated carbocycles. The van der Waals surface area contributed by atoms with Crippen LogP contribution in [0.4, 0.5) is 0 Å². The molecule has 4 nitrogen and oxygen atoms in total. The number of rotatable bonds is 5. The maximum absolute atomic E-state index is 12.1. The topological polar surface area (TPSA) is 42.4 Å². The summed E-state index contributed by atoms with van der Waals surface area (Å²) in [6, 6.07) is 11.3. The van der Waals surface area contributed by atoms with E-state index >= 15 is 0 Å². The molecule has 0 aliphatic heterocycles. The van der Waals surface area contributed by atoms with Crippen molar-refractivity contribution in [3.63, 3.8) is 0 Å². The standard InChI is InChI=1S/C16H18N2O2/c1-13-5-3-4-6-15(13)20-12-11-18(2)16(19)14-7-9-17-10-8-14/h3-10H,11-12H2,1-2H3. The summed E-state index contributed by atoms with van der Waals surface area (Å²) in [4.78, 5) is 17.6. The first-order chi connectivity index (χ1) is 9.68. The zero-order chi connectivity index (χ0) is 14.4. The van der Waals surface area contributed by atoms with Gasteiger partial charge in [-0.05, 0) is 30.7 Å². The van der Waals surface area contributed by atoms with E-state index in [0.29, 0.717) is 18.7 Å². The summed E-state index contributed by atoms with van der Waals surface area (Å²) in [6.45, 7) is 3.01. The fourth-order valence-electron chi connectivity index (χ4n) is 1.83. The quantitative estimate of drug-likeness (QED) is 0.838. The van der Waals surface area contributed by atoms with E-state index in [0.717, 1.165) is 11.3 Å². The van der Waals surface area contributed by atoms with Crippen molar-refractivity contribution in [2.75, 3.05) is 20.2 Å². The number of carbonyl (C=O) groups is 1. The molecule has 0 fully saturated rings. The van der Waals surface area contributed by atoms with Gasteiger partial charge in [-0.1, -0.05) is 18.2 Å². The smallest absolute Gasteiger partial charge is 0.253 e. The molecule has 20 heavy (non-hydrogen) atoms. The first-order valence-corrected chi connectivity index (χ1v) is 6.52. The summed E-state index contributed by atoms with van der Waals surface area (Å²) in [5.74, 6) is 0.832. The minimum absolute atomic E-state index is 0.0271. The molecule has 0 unspecified atom stereocenters. The van der Waals surface area contributed by atoms with E-state index in [1.165, 1.54) is 0 Å². The SMILES string of the molecule is Cc1ccccc1OCCN(C)C(=O)c1ccncc1. The Hall–Kier alpha value is -2.36. The molecule has 1 amide bonds. The maximum atomic E-state index is 12.1. The molecule has 0 atom stereocenters. The monoisotopic (exact) mass is 270 g/mol. The average Bonchev–Trinajstić information content (AvgIpc) is 2.49. The van der Waals surface area contributed by atoms with Crippen LogP contribution in [0.25, 0.3) is 0 Å². The van der Waals surface area contributed by atoms with Crippen LogP contribution < -0.4 is 4.74 Å². The third-order valence-electron chi connectivity index (χ3n) is 3.05. The van der Waals surface area contributed by atoms with Gasteiger partial charge < -0.3 is 9.64 Å². The highest BCUT2D eigenvalue weighted by Gasteiger charge is 2.11. The van der Waals surface area contributed by atoms with Crippen LogP contribution in [0.1, 0.15) is 15.9 Å². The molecule has 1 aromatic carbocycles. The zero-order valence-corrected chi connectivity index (χ0v) is 11.7. The lowest BCUT2D eigenvalue weighted by molar-refractivity contribution is 0.0773. The summed E-state index contributed by atoms with van der Waals surface area (Å²) in [7, 11) is 1.77. The first kappa shape index (κ1) is 14.1. The predicted molar refractivity (Wildman–Crippen MR) is 77.9 cm³/mol. The lowest BCUT2D eigenvalue weighted by atomic mass is 10.2. The Morgan fingerprint density at radius 1 is 1.20 bits per heavy atom. The van der Waals surface area contributed by atoms with Crippen LogP contribution in [-0.4, -0.2) is 36.0 Å². The minimum Gasteiger partial charge on any atom is -0.491 e. The number of aryl methyl sites for hydroxylation is 1. The molecule has 4 heteroatoms. The van der Waals surface area contributed by atoms with Crippen molar-refractivity contribution in [1.29, 1.82) is 0 Å². The highest BCUT2D eigenvalue weighted by atomic mass is 16.5. The van der Waals surface area contributed by atoms with Crippen molar-refractivity contribution in [3.8, 4) is 5.75 Å². The fourth-order valence-corrected chi connectivity index (χ4v) is 1.83. The van der Waals surface area contributed by atoms with Crippen LogP contribution in [0.15, 0.2) is 48.8 Å². The number of amides is 1. The van der Waals surface area contributed by atoms with Gasteiger partial charge in [0.2, 0.25) is 0 Å². The van der Waals surface area contributed by atoms with Gasteiger partial charge >= 0.3 is 0 Å². The summed E-state index contributed by atoms with van der Waals surface area (Å²) in [5.41, 5.74) is 1.73. The van der Waals surface area contributed by atoms with Crippen LogP contribution in [0.5, 0.6) is 5.75 Å². The van der Waals surface area contributed by atoms with E-state index < -0.39 is 0 Å². The van der Waals surface area contributed by atoms with Crippen molar-refractivity contribution < 1.29 is 9.53 Å². The number of pyridine rings is 1. The van der Waals surface area contributed by atoms with E-state index in [2.05, 4.69) is 4.98 Å². The molecular formula is C16H18N2O2. The highest BCUT2D eigenvalue weighted by Crippen LogP contribution is 2.15. The van der Waals surface area contributed by atoms with Crippen molar-refractivity contribution in [2.45, 2.75) is 6.92 Å². The Kier molecular flexibility index (Phi) is 4.71. The Morgan fingerprint density at radius 3 is 2.60 bits per heavy atom. The van der Waals surface area contributed by atoms with Crippen LogP contribution >= 0.6 is 0 Å². The second kappa shape index (κ2) is 6.70. The van der Waals surface area contributed by atoms with Gasteiger partial charge in [-0.2, -0.15) is 0 Å². The molecule has 0 radical (unpaired) electrons. The van der Waals surface area contributed by atoms with Crippen molar-refractivity contribution in [1.82, 2.24) is 9.88 Å². The Balaban J connectivity index is 1.85. The molecule has 104 valence electrons. The number of hydrogen-bond acceptors (Lipinski definition) is 3. The number of carbonyl (C=O) groups excluding carboxylic acids is 1. The molecular weight excluding hydrogens is 252 g/mol. The minimum atomic E-state index is -0.0271. The third-order valence-corrected chi connectivity index (χ3v) is 3.05. The summed E-state index contributed by atoms with van der Waals surface area (Å²) >= 11 is 0. The number of ether oxygens (including phenoxy) is 1. The van der Waals surface area contributed by atoms with Crippen molar-refractivity contribution in [2.24, 2.45) is 0 Å². The van der Waals surface area contributed by atoms with Gasteiger partial charge in [0.15, 0.2) is 0 Å². The number of aromatic nitrogens is 1. The number of likely N-dealkylation sites (N-methyl/N-ethyl adjacent to an activating group) is 1. The third kappa shape index (κ3) is 3.57. The normalized spacial score (nSPS) is 10.1. The predicted octanol–water partition coefficient (Wildman–Crippen LogP) is 2.54. The zero-order valence-electron chi connectivity index (χ0n) is 11.7. The van der Waals surface area contributed by atoms with Crippen molar-refractivity contribution >= 4 is 5.91 Å². The van der Waals surface area contributed by atoms with Crippen molar-refractivity contribution in [3.05, 3.63) is 59.9 Å². The molecule has 1 heterocycles. The lowest BCUT2D eigenvalue weighted by Gasteiger charge is -2.18. The van der Waals surface area contributed by atoms with Crippen LogP contribution in [0.2, 0.25) is 0 Å². The van der Waals surface area contributed by atoms with Gasteiger partial charge in [0, 0.05) is 25.0 Å².